The van der Waals surface area contributed by atoms with Crippen LogP contribution < -0.4 is 0 Å². The number of halogens is 2. The third-order valence-electron chi connectivity index (χ3n) is 2.25. The molecule has 0 aliphatic carbocycles. The maximum absolute atomic E-state index is 13.1. The molecule has 0 radical (unpaired) electrons. The summed E-state index contributed by atoms with van der Waals surface area (Å²) in [7, 11) is 0. The summed E-state index contributed by atoms with van der Waals surface area (Å²) in [4.78, 5) is 4.05. The summed E-state index contributed by atoms with van der Waals surface area (Å²) >= 11 is 6.50. The molecule has 0 aliphatic heterocycles. The highest BCUT2D eigenvalue weighted by atomic mass is 32.1. The van der Waals surface area contributed by atoms with Gasteiger partial charge in [0.1, 0.15) is 0 Å². The number of aryl methyl sites for hydroxylation is 1. The van der Waals surface area contributed by atoms with Crippen molar-refractivity contribution in [1.29, 1.82) is 0 Å². The molecule has 1 aromatic carbocycles. The lowest BCUT2D eigenvalue weighted by molar-refractivity contribution is 0.509. The molecule has 0 bridgehead atoms. The largest absolute Gasteiger partial charge is 0.337 e. The molecule has 0 atom stereocenters. The van der Waals surface area contributed by atoms with Crippen molar-refractivity contribution in [2.45, 2.75) is 13.3 Å². The van der Waals surface area contributed by atoms with Crippen molar-refractivity contribution in [1.82, 2.24) is 4.98 Å². The first-order valence-corrected chi connectivity index (χ1v) is 6.01. The normalized spacial score (nSPS) is 10.7. The van der Waals surface area contributed by atoms with Gasteiger partial charge in [0.2, 0.25) is 0 Å². The van der Waals surface area contributed by atoms with Crippen LogP contribution in [0.15, 0.2) is 18.2 Å². The Morgan fingerprint density at radius 3 is 2.69 bits per heavy atom. The van der Waals surface area contributed by atoms with E-state index in [1.54, 1.807) is 6.07 Å². The molecule has 16 heavy (non-hydrogen) atoms. The summed E-state index contributed by atoms with van der Waals surface area (Å²) in [6.45, 7) is 2.00. The predicted molar refractivity (Wildman–Crippen MR) is 64.2 cm³/mol. The van der Waals surface area contributed by atoms with Crippen LogP contribution in [0.25, 0.3) is 11.3 Å². The van der Waals surface area contributed by atoms with Crippen molar-refractivity contribution in [2.75, 3.05) is 0 Å². The molecule has 0 saturated heterocycles. The first-order valence-electron chi connectivity index (χ1n) is 4.79. The molecule has 0 amide bonds. The minimum Gasteiger partial charge on any atom is -0.337 e. The smallest absolute Gasteiger partial charge is 0.159 e. The number of hydrogen-bond acceptors (Lipinski definition) is 2. The Labute approximate surface area is 101 Å². The summed E-state index contributed by atoms with van der Waals surface area (Å²) < 4.78 is 26.5. The lowest BCUT2D eigenvalue weighted by Gasteiger charge is -2.01. The molecule has 84 valence electrons. The lowest BCUT2D eigenvalue weighted by atomic mass is 10.1. The van der Waals surface area contributed by atoms with E-state index in [4.69, 9.17) is 12.2 Å². The summed E-state index contributed by atoms with van der Waals surface area (Å²) in [5.41, 5.74) is 1.42. The first-order chi connectivity index (χ1) is 7.61. The van der Waals surface area contributed by atoms with Gasteiger partial charge in [-0.25, -0.2) is 8.78 Å². The van der Waals surface area contributed by atoms with Gasteiger partial charge in [-0.05, 0) is 36.8 Å². The Morgan fingerprint density at radius 2 is 2.06 bits per heavy atom. The molecule has 2 rings (SSSR count). The number of nitrogens with one attached hydrogen (secondary N) is 1. The zero-order chi connectivity index (χ0) is 11.7. The summed E-state index contributed by atoms with van der Waals surface area (Å²) in [5, 5.41) is 0. The van der Waals surface area contributed by atoms with E-state index in [0.717, 1.165) is 23.1 Å². The fraction of sp³-hybridized carbons (Fsp3) is 0.182. The monoisotopic (exact) mass is 257 g/mol. The molecule has 0 fully saturated rings. The average molecular weight is 257 g/mol. The molecular weight excluding hydrogens is 248 g/mol. The van der Waals surface area contributed by atoms with Crippen molar-refractivity contribution >= 4 is 23.6 Å². The second-order valence-electron chi connectivity index (χ2n) is 3.30. The van der Waals surface area contributed by atoms with Gasteiger partial charge in [0.25, 0.3) is 0 Å². The average Bonchev–Trinajstić information content (AvgIpc) is 2.63. The van der Waals surface area contributed by atoms with E-state index in [-0.39, 0.29) is 0 Å². The number of aromatic nitrogens is 1. The Morgan fingerprint density at radius 1 is 1.31 bits per heavy atom. The number of hydrogen-bond donors (Lipinski definition) is 1. The minimum absolute atomic E-state index is 0.628. The zero-order valence-electron chi connectivity index (χ0n) is 8.51. The Bertz CT molecular complexity index is 572. The Kier molecular flexibility index (Phi) is 3.16. The molecule has 0 saturated carbocycles. The number of benzene rings is 1. The van der Waals surface area contributed by atoms with Crippen LogP contribution in [0.4, 0.5) is 8.78 Å². The van der Waals surface area contributed by atoms with Crippen LogP contribution >= 0.6 is 23.6 Å². The minimum atomic E-state index is -0.843. The Balaban J connectivity index is 2.57. The second-order valence-corrected chi connectivity index (χ2v) is 5.07. The van der Waals surface area contributed by atoms with Crippen LogP contribution in [0.5, 0.6) is 0 Å². The first kappa shape index (κ1) is 11.4. The van der Waals surface area contributed by atoms with Crippen molar-refractivity contribution in [3.63, 3.8) is 0 Å². The fourth-order valence-electron chi connectivity index (χ4n) is 1.49. The fourth-order valence-corrected chi connectivity index (χ4v) is 2.69. The van der Waals surface area contributed by atoms with Crippen LogP contribution in [0, 0.1) is 15.6 Å². The van der Waals surface area contributed by atoms with Gasteiger partial charge in [0.15, 0.2) is 15.6 Å². The van der Waals surface area contributed by atoms with E-state index in [2.05, 4.69) is 4.98 Å². The molecule has 1 heterocycles. The molecule has 1 aromatic heterocycles. The standard InChI is InChI=1S/C11H9F2NS2/c1-2-9-10(14-11(15)16-9)6-3-4-7(12)8(13)5-6/h3-5H,2H2,1H3,(H,14,15). The van der Waals surface area contributed by atoms with Crippen LogP contribution in [0.1, 0.15) is 11.8 Å². The number of H-pyrrole nitrogens is 1. The summed E-state index contributed by atoms with van der Waals surface area (Å²) in [6, 6.07) is 3.85. The molecule has 0 aliphatic rings. The van der Waals surface area contributed by atoms with Crippen LogP contribution in [0.3, 0.4) is 0 Å². The van der Waals surface area contributed by atoms with E-state index in [0.29, 0.717) is 9.52 Å². The van der Waals surface area contributed by atoms with E-state index < -0.39 is 11.6 Å². The van der Waals surface area contributed by atoms with Gasteiger partial charge >= 0.3 is 0 Å². The zero-order valence-corrected chi connectivity index (χ0v) is 10.1. The molecule has 2 aromatic rings. The molecule has 1 N–H and O–H groups in total. The van der Waals surface area contributed by atoms with Gasteiger partial charge in [0, 0.05) is 10.4 Å². The third kappa shape index (κ3) is 2.05. The van der Waals surface area contributed by atoms with Gasteiger partial charge in [-0.15, -0.1) is 11.3 Å². The molecular formula is C11H9F2NS2. The van der Waals surface area contributed by atoms with Crippen LogP contribution in [0.2, 0.25) is 0 Å². The van der Waals surface area contributed by atoms with E-state index in [9.17, 15) is 8.78 Å². The maximum Gasteiger partial charge on any atom is 0.159 e. The van der Waals surface area contributed by atoms with Crippen molar-refractivity contribution in [3.8, 4) is 11.3 Å². The van der Waals surface area contributed by atoms with Gasteiger partial charge in [-0.1, -0.05) is 6.92 Å². The third-order valence-corrected chi connectivity index (χ3v) is 3.63. The quantitative estimate of drug-likeness (QED) is 0.792. The molecule has 5 heteroatoms. The second kappa shape index (κ2) is 4.43. The van der Waals surface area contributed by atoms with Crippen molar-refractivity contribution < 1.29 is 8.78 Å². The van der Waals surface area contributed by atoms with Gasteiger partial charge in [0.05, 0.1) is 5.69 Å². The Hall–Kier alpha value is -1.07. The van der Waals surface area contributed by atoms with Gasteiger partial charge < -0.3 is 4.98 Å². The molecule has 0 unspecified atom stereocenters. The number of rotatable bonds is 2. The number of aromatic amines is 1. The summed E-state index contributed by atoms with van der Waals surface area (Å²) in [6.07, 6.45) is 0.812. The topological polar surface area (TPSA) is 15.8 Å². The van der Waals surface area contributed by atoms with Gasteiger partial charge in [-0.3, -0.25) is 0 Å². The van der Waals surface area contributed by atoms with E-state index in [1.807, 2.05) is 6.92 Å². The highest BCUT2D eigenvalue weighted by Crippen LogP contribution is 2.27. The highest BCUT2D eigenvalue weighted by Gasteiger charge is 2.10. The molecule has 0 spiro atoms. The highest BCUT2D eigenvalue weighted by molar-refractivity contribution is 7.73. The lowest BCUT2D eigenvalue weighted by Crippen LogP contribution is -1.88. The SMILES string of the molecule is CCc1sc(=S)[nH]c1-c1ccc(F)c(F)c1. The van der Waals surface area contributed by atoms with E-state index >= 15 is 0 Å². The molecule has 1 nitrogen and oxygen atoms in total. The van der Waals surface area contributed by atoms with E-state index in [1.165, 1.54) is 17.4 Å². The van der Waals surface area contributed by atoms with Gasteiger partial charge in [-0.2, -0.15) is 0 Å². The maximum atomic E-state index is 13.1. The summed E-state index contributed by atoms with van der Waals surface area (Å²) in [5.74, 6) is -1.68. The van der Waals surface area contributed by atoms with Crippen LogP contribution in [-0.4, -0.2) is 4.98 Å². The predicted octanol–water partition coefficient (Wildman–Crippen LogP) is 4.31. The van der Waals surface area contributed by atoms with Crippen molar-refractivity contribution in [3.05, 3.63) is 38.7 Å². The number of thiazole rings is 1. The van der Waals surface area contributed by atoms with Crippen molar-refractivity contribution in [2.24, 2.45) is 0 Å². The van der Waals surface area contributed by atoms with Crippen LogP contribution in [-0.2, 0) is 6.42 Å².